The summed E-state index contributed by atoms with van der Waals surface area (Å²) in [5.41, 5.74) is 0.393. The second-order valence-corrected chi connectivity index (χ2v) is 9.88. The molecule has 2 fully saturated rings. The maximum atomic E-state index is 13.6. The van der Waals surface area contributed by atoms with E-state index in [2.05, 4.69) is 20.3 Å². The zero-order valence-electron chi connectivity index (χ0n) is 18.1. The van der Waals surface area contributed by atoms with Crippen LogP contribution >= 0.6 is 11.3 Å². The van der Waals surface area contributed by atoms with Gasteiger partial charge >= 0.3 is 0 Å². The summed E-state index contributed by atoms with van der Waals surface area (Å²) < 4.78 is 28.2. The Morgan fingerprint density at radius 3 is 2.59 bits per heavy atom. The molecule has 0 amide bonds. The van der Waals surface area contributed by atoms with E-state index in [1.165, 1.54) is 11.3 Å². The standard InChI is InChI=1S/C22H25F2N5O4S/c23-22(24)5-7-29(8-6-22)21-27-18(25-13-9-11(10-30)16(31)17(13)32)15(19(33)28-21)20-26-12-3-1-2-4-14(12)34-20/h1-4,11,13,16-17,30-32H,5-10H2,(H2,25,27,28,33)/t11-,13?,16-,17+/m1/s1. The van der Waals surface area contributed by atoms with Crippen molar-refractivity contribution in [3.05, 3.63) is 34.6 Å². The highest BCUT2D eigenvalue weighted by Crippen LogP contribution is 2.36. The van der Waals surface area contributed by atoms with Gasteiger partial charge in [-0.1, -0.05) is 12.1 Å². The van der Waals surface area contributed by atoms with E-state index in [9.17, 15) is 28.9 Å². The Kier molecular flexibility index (Phi) is 6.00. The van der Waals surface area contributed by atoms with Crippen LogP contribution in [0.2, 0.25) is 0 Å². The quantitative estimate of drug-likeness (QED) is 0.363. The SMILES string of the molecule is O=c1[nH]c(N2CCC(F)(F)CC2)nc(NC2C[C@H](CO)[C@@H](O)[C@H]2O)c1-c1nc2ccccc2s1. The molecule has 5 rings (SSSR count). The molecule has 0 radical (unpaired) electrons. The van der Waals surface area contributed by atoms with Gasteiger partial charge in [0.1, 0.15) is 22.5 Å². The number of aromatic nitrogens is 3. The molecule has 0 bridgehead atoms. The highest BCUT2D eigenvalue weighted by Gasteiger charge is 2.42. The van der Waals surface area contributed by atoms with Crippen LogP contribution in [0.5, 0.6) is 0 Å². The van der Waals surface area contributed by atoms with Crippen LogP contribution in [0.4, 0.5) is 20.5 Å². The van der Waals surface area contributed by atoms with Crippen molar-refractivity contribution in [2.45, 2.75) is 43.4 Å². The summed E-state index contributed by atoms with van der Waals surface area (Å²) in [4.78, 5) is 26.7. The minimum atomic E-state index is -2.75. The van der Waals surface area contributed by atoms with Crippen LogP contribution in [-0.4, -0.2) is 74.1 Å². The van der Waals surface area contributed by atoms with Crippen molar-refractivity contribution in [3.8, 4) is 10.6 Å². The molecule has 3 aromatic rings. The van der Waals surface area contributed by atoms with E-state index in [1.54, 1.807) is 4.90 Å². The molecule has 0 spiro atoms. The molecule has 1 saturated carbocycles. The number of anilines is 2. The molecule has 34 heavy (non-hydrogen) atoms. The van der Waals surface area contributed by atoms with Gasteiger partial charge in [-0.25, -0.2) is 13.8 Å². The first-order chi connectivity index (χ1) is 16.3. The van der Waals surface area contributed by atoms with Gasteiger partial charge in [-0.05, 0) is 18.6 Å². The zero-order valence-corrected chi connectivity index (χ0v) is 18.9. The van der Waals surface area contributed by atoms with Crippen molar-refractivity contribution >= 4 is 33.3 Å². The molecule has 1 saturated heterocycles. The lowest BCUT2D eigenvalue weighted by Crippen LogP contribution is -2.41. The fraction of sp³-hybridized carbons (Fsp3) is 0.500. The van der Waals surface area contributed by atoms with Gasteiger partial charge in [-0.15, -0.1) is 11.3 Å². The van der Waals surface area contributed by atoms with Crippen LogP contribution in [0.25, 0.3) is 20.8 Å². The van der Waals surface area contributed by atoms with Crippen molar-refractivity contribution in [3.63, 3.8) is 0 Å². The number of aliphatic hydroxyl groups is 3. The summed E-state index contributed by atoms with van der Waals surface area (Å²) in [5.74, 6) is -2.98. The molecule has 12 heteroatoms. The third kappa shape index (κ3) is 4.26. The van der Waals surface area contributed by atoms with Gasteiger partial charge in [0.15, 0.2) is 0 Å². The van der Waals surface area contributed by atoms with Crippen molar-refractivity contribution < 1.29 is 24.1 Å². The second-order valence-electron chi connectivity index (χ2n) is 8.85. The molecule has 9 nitrogen and oxygen atoms in total. The van der Waals surface area contributed by atoms with Crippen LogP contribution < -0.4 is 15.8 Å². The summed E-state index contributed by atoms with van der Waals surface area (Å²) in [5, 5.41) is 33.7. The second kappa shape index (κ2) is 8.84. The number of nitrogens with one attached hydrogen (secondary N) is 2. The average Bonchev–Trinajstić information content (AvgIpc) is 3.34. The van der Waals surface area contributed by atoms with E-state index < -0.39 is 35.6 Å². The van der Waals surface area contributed by atoms with Crippen molar-refractivity contribution in [1.82, 2.24) is 15.0 Å². The summed E-state index contributed by atoms with van der Waals surface area (Å²) in [6, 6.07) is 6.75. The first-order valence-corrected chi connectivity index (χ1v) is 11.9. The molecule has 3 heterocycles. The molecule has 1 aromatic carbocycles. The molecular weight excluding hydrogens is 468 g/mol. The van der Waals surface area contributed by atoms with E-state index >= 15 is 0 Å². The third-order valence-corrected chi connectivity index (χ3v) is 7.62. The van der Waals surface area contributed by atoms with Gasteiger partial charge in [0.25, 0.3) is 11.5 Å². The van der Waals surface area contributed by atoms with E-state index in [1.807, 2.05) is 24.3 Å². The van der Waals surface area contributed by atoms with Gasteiger partial charge < -0.3 is 25.5 Å². The Bertz CT molecular complexity index is 1210. The van der Waals surface area contributed by atoms with E-state index in [-0.39, 0.29) is 56.3 Å². The van der Waals surface area contributed by atoms with Crippen LogP contribution in [0.15, 0.2) is 29.1 Å². The monoisotopic (exact) mass is 493 g/mol. The number of rotatable bonds is 5. The topological polar surface area (TPSA) is 135 Å². The predicted octanol–water partition coefficient (Wildman–Crippen LogP) is 1.80. The highest BCUT2D eigenvalue weighted by atomic mass is 32.1. The Hall–Kier alpha value is -2.67. The number of benzene rings is 1. The van der Waals surface area contributed by atoms with E-state index in [0.717, 1.165) is 4.70 Å². The van der Waals surface area contributed by atoms with Crippen molar-refractivity contribution in [1.29, 1.82) is 0 Å². The first kappa shape index (κ1) is 23.1. The minimum Gasteiger partial charge on any atom is -0.396 e. The van der Waals surface area contributed by atoms with Crippen LogP contribution in [0.3, 0.4) is 0 Å². The summed E-state index contributed by atoms with van der Waals surface area (Å²) in [6.07, 6.45) is -2.73. The Balaban J connectivity index is 1.55. The maximum Gasteiger partial charge on any atom is 0.264 e. The number of aromatic amines is 1. The van der Waals surface area contributed by atoms with Gasteiger partial charge in [-0.3, -0.25) is 9.78 Å². The fourth-order valence-electron chi connectivity index (χ4n) is 4.56. The molecule has 1 aliphatic heterocycles. The number of nitrogens with zero attached hydrogens (tertiary/aromatic N) is 3. The average molecular weight is 494 g/mol. The molecule has 4 atom stereocenters. The first-order valence-electron chi connectivity index (χ1n) is 11.1. The Labute approximate surface area is 197 Å². The van der Waals surface area contributed by atoms with Gasteiger partial charge in [-0.2, -0.15) is 4.98 Å². The Morgan fingerprint density at radius 1 is 1.18 bits per heavy atom. The summed E-state index contributed by atoms with van der Waals surface area (Å²) >= 11 is 1.31. The number of para-hydroxylation sites is 1. The van der Waals surface area contributed by atoms with Gasteiger partial charge in [0, 0.05) is 38.5 Å². The molecule has 5 N–H and O–H groups in total. The minimum absolute atomic E-state index is 0.0349. The molecule has 182 valence electrons. The number of fused-ring (bicyclic) bond motifs is 1. The number of alkyl halides is 2. The van der Waals surface area contributed by atoms with Crippen molar-refractivity contribution in [2.24, 2.45) is 5.92 Å². The molecular formula is C22H25F2N5O4S. The smallest absolute Gasteiger partial charge is 0.264 e. The van der Waals surface area contributed by atoms with E-state index in [0.29, 0.717) is 10.5 Å². The van der Waals surface area contributed by atoms with Crippen molar-refractivity contribution in [2.75, 3.05) is 29.9 Å². The number of hydrogen-bond donors (Lipinski definition) is 5. The van der Waals surface area contributed by atoms with Gasteiger partial charge in [0.05, 0.1) is 22.4 Å². The lowest BCUT2D eigenvalue weighted by atomic mass is 10.1. The normalized spacial score (nSPS) is 26.8. The molecule has 1 unspecified atom stereocenters. The number of thiazole rings is 1. The Morgan fingerprint density at radius 2 is 1.91 bits per heavy atom. The third-order valence-electron chi connectivity index (χ3n) is 6.57. The number of aliphatic hydroxyl groups excluding tert-OH is 3. The van der Waals surface area contributed by atoms with Crippen LogP contribution in [0.1, 0.15) is 19.3 Å². The number of halogens is 2. The largest absolute Gasteiger partial charge is 0.396 e. The summed E-state index contributed by atoms with van der Waals surface area (Å²) in [6.45, 7) is -0.225. The lowest BCUT2D eigenvalue weighted by Gasteiger charge is -2.32. The maximum absolute atomic E-state index is 13.6. The number of piperidine rings is 1. The lowest BCUT2D eigenvalue weighted by molar-refractivity contribution is -0.0222. The molecule has 2 aliphatic rings. The number of H-pyrrole nitrogens is 1. The van der Waals surface area contributed by atoms with Crippen LogP contribution in [0, 0.1) is 5.92 Å². The van der Waals surface area contributed by atoms with E-state index in [4.69, 9.17) is 0 Å². The van der Waals surface area contributed by atoms with Gasteiger partial charge in [0.2, 0.25) is 5.95 Å². The summed E-state index contributed by atoms with van der Waals surface area (Å²) in [7, 11) is 0. The van der Waals surface area contributed by atoms with Crippen LogP contribution in [-0.2, 0) is 0 Å². The predicted molar refractivity (Wildman–Crippen MR) is 124 cm³/mol. The zero-order chi connectivity index (χ0) is 24.0. The molecule has 1 aliphatic carbocycles. The number of hydrogen-bond acceptors (Lipinski definition) is 9. The molecule has 2 aromatic heterocycles. The highest BCUT2D eigenvalue weighted by molar-refractivity contribution is 7.21. The fourth-order valence-corrected chi connectivity index (χ4v) is 5.57.